The molecular formula is C109H126N4O25. The van der Waals surface area contributed by atoms with Crippen molar-refractivity contribution in [2.75, 3.05) is 39.6 Å². The van der Waals surface area contributed by atoms with E-state index in [9.17, 15) is 29.4 Å². The first-order valence-electron chi connectivity index (χ1n) is 46.8. The van der Waals surface area contributed by atoms with E-state index in [4.69, 9.17) is 90.0 Å². The van der Waals surface area contributed by atoms with Crippen LogP contribution < -0.4 is 21.3 Å². The number of aliphatic hydroxyl groups is 2. The van der Waals surface area contributed by atoms with Crippen LogP contribution in [0.25, 0.3) is 0 Å². The van der Waals surface area contributed by atoms with Crippen molar-refractivity contribution >= 4 is 23.8 Å². The summed E-state index contributed by atoms with van der Waals surface area (Å²) in [6, 6.07) is 89.2. The van der Waals surface area contributed by atoms with Crippen molar-refractivity contribution in [3.8, 4) is 0 Å². The molecule has 10 aromatic carbocycles. The van der Waals surface area contributed by atoms with Crippen LogP contribution in [0.4, 0.5) is 4.79 Å². The number of rotatable bonds is 51. The number of hydrogen-bond donors (Lipinski definition) is 6. The van der Waals surface area contributed by atoms with Gasteiger partial charge in [-0.05, 0) is 62.6 Å². The summed E-state index contributed by atoms with van der Waals surface area (Å²) >= 11 is 0. The van der Waals surface area contributed by atoms with E-state index in [-0.39, 0.29) is 92.5 Å². The van der Waals surface area contributed by atoms with Gasteiger partial charge in [0.1, 0.15) is 110 Å². The Balaban J connectivity index is 0.847. The maximum absolute atomic E-state index is 14.8. The predicted octanol–water partition coefficient (Wildman–Crippen LogP) is 13.0. The fourth-order valence-corrected chi connectivity index (χ4v) is 17.2. The number of hydrogen-bond acceptors (Lipinski definition) is 25. The Labute approximate surface area is 806 Å². The largest absolute Gasteiger partial charge is 0.445 e. The number of carbonyl (C=O) groups is 4. The van der Waals surface area contributed by atoms with Gasteiger partial charge in [-0.15, -0.1) is 6.58 Å². The lowest BCUT2D eigenvalue weighted by Crippen LogP contribution is -2.73. The average Bonchev–Trinajstić information content (AvgIpc) is 0.720. The van der Waals surface area contributed by atoms with E-state index in [2.05, 4.69) is 27.8 Å². The maximum Gasteiger partial charge on any atom is 0.407 e. The smallest absolute Gasteiger partial charge is 0.407 e. The van der Waals surface area contributed by atoms with E-state index in [0.717, 1.165) is 38.9 Å². The Kier molecular flexibility index (Phi) is 40.5. The zero-order valence-corrected chi connectivity index (χ0v) is 78.0. The van der Waals surface area contributed by atoms with Gasteiger partial charge in [-0.1, -0.05) is 309 Å². The molecule has 0 unspecified atom stereocenters. The number of aliphatic hydroxyl groups excluding tert-OH is 2. The number of benzene rings is 10. The van der Waals surface area contributed by atoms with Crippen LogP contribution in [0.5, 0.6) is 0 Å². The van der Waals surface area contributed by atoms with Gasteiger partial charge < -0.3 is 121 Å². The first-order chi connectivity index (χ1) is 67.6. The summed E-state index contributed by atoms with van der Waals surface area (Å²) in [5.41, 5.74) is 7.95. The predicted molar refractivity (Wildman–Crippen MR) is 509 cm³/mol. The molecule has 23 atom stereocenters. The molecule has 14 rings (SSSR count). The fourth-order valence-electron chi connectivity index (χ4n) is 17.2. The van der Waals surface area contributed by atoms with Crippen molar-refractivity contribution < 1.29 is 119 Å². The zero-order valence-electron chi connectivity index (χ0n) is 78.0. The molecule has 4 amide bonds. The van der Waals surface area contributed by atoms with E-state index in [1.165, 1.54) is 20.8 Å². The second-order valence-corrected chi connectivity index (χ2v) is 34.3. The van der Waals surface area contributed by atoms with Crippen molar-refractivity contribution in [1.82, 2.24) is 21.3 Å². The van der Waals surface area contributed by atoms with Crippen LogP contribution in [0.15, 0.2) is 316 Å². The first kappa shape index (κ1) is 103. The lowest BCUT2D eigenvalue weighted by molar-refractivity contribution is -0.366. The van der Waals surface area contributed by atoms with E-state index in [1.807, 2.05) is 303 Å². The molecular weight excluding hydrogens is 1770 g/mol. The Bertz CT molecular complexity index is 5190. The third-order valence-corrected chi connectivity index (χ3v) is 24.0. The first-order valence-corrected chi connectivity index (χ1v) is 46.8. The summed E-state index contributed by atoms with van der Waals surface area (Å²) in [4.78, 5) is 58.3. The quantitative estimate of drug-likeness (QED) is 0.0152. The summed E-state index contributed by atoms with van der Waals surface area (Å²) in [6.45, 7) is 7.88. The molecule has 10 aromatic rings. The minimum Gasteiger partial charge on any atom is -0.445 e. The van der Waals surface area contributed by atoms with E-state index >= 15 is 0 Å². The highest BCUT2D eigenvalue weighted by Gasteiger charge is 2.59. The van der Waals surface area contributed by atoms with Gasteiger partial charge in [-0.25, -0.2) is 4.79 Å². The highest BCUT2D eigenvalue weighted by molar-refractivity contribution is 5.74. The van der Waals surface area contributed by atoms with Gasteiger partial charge in [0, 0.05) is 20.8 Å². The van der Waals surface area contributed by atoms with Crippen molar-refractivity contribution in [1.29, 1.82) is 0 Å². The number of carbonyl (C=O) groups excluding carboxylic acids is 4. The van der Waals surface area contributed by atoms with Gasteiger partial charge in [0.15, 0.2) is 25.2 Å². The van der Waals surface area contributed by atoms with Gasteiger partial charge >= 0.3 is 6.09 Å². The Morgan fingerprint density at radius 1 is 0.319 bits per heavy atom. The van der Waals surface area contributed by atoms with E-state index in [1.54, 1.807) is 13.0 Å². The monoisotopic (exact) mass is 1890 g/mol. The molecule has 6 N–H and O–H groups in total. The van der Waals surface area contributed by atoms with E-state index < -0.39 is 178 Å². The van der Waals surface area contributed by atoms with Crippen molar-refractivity contribution in [3.63, 3.8) is 0 Å². The Morgan fingerprint density at radius 3 is 1.07 bits per heavy atom. The van der Waals surface area contributed by atoms with Crippen LogP contribution in [0.2, 0.25) is 0 Å². The SMILES string of the molecule is C=CCOC[C@@H](OCc1ccccc1)[C@@H](OCc1ccccc1)[C@H](CO[C@@H]1O[C@H](CO)[C@H](OCc2ccccc2)[C@H](O[C@H]2O[C@H](CO)[C@H](O[C@H]3O[C@H](C)[C@H](NC(=O)OCc4ccccc4)[C@H](O[C@@H]4O[C@H](COCc5ccccc5)[C@@H](OCc5ccccc5)[C@H](OCc5ccccc5)[C@H]4OCc4ccccc4)[C@H]3NC(C)=O)[C@H](OCc3ccccc3)[C@H]2NC(C)=O)[C@H]1NC(C)=O)OCc1ccccc1. The number of nitrogens with one attached hydrogen (secondary N) is 4. The highest BCUT2D eigenvalue weighted by atomic mass is 16.8. The molecule has 29 nitrogen and oxygen atoms in total. The second-order valence-electron chi connectivity index (χ2n) is 34.3. The van der Waals surface area contributed by atoms with Gasteiger partial charge in [0.05, 0.1) is 111 Å². The molecule has 4 heterocycles. The third kappa shape index (κ3) is 30.7. The minimum absolute atomic E-state index is 0.00731. The van der Waals surface area contributed by atoms with Crippen molar-refractivity contribution in [2.45, 2.75) is 235 Å². The number of amides is 4. The Hall–Kier alpha value is -11.2. The van der Waals surface area contributed by atoms with Crippen molar-refractivity contribution in [2.24, 2.45) is 0 Å². The molecule has 0 aliphatic carbocycles. The number of alkyl carbamates (subject to hydrolysis) is 1. The topological polar surface area (TPSA) is 332 Å². The van der Waals surface area contributed by atoms with Crippen LogP contribution in [0.3, 0.4) is 0 Å². The third-order valence-electron chi connectivity index (χ3n) is 24.0. The van der Waals surface area contributed by atoms with Crippen LogP contribution >= 0.6 is 0 Å². The Morgan fingerprint density at radius 2 is 0.645 bits per heavy atom. The van der Waals surface area contributed by atoms with Crippen molar-refractivity contribution in [3.05, 3.63) is 372 Å². The molecule has 0 spiro atoms. The molecule has 0 bridgehead atoms. The standard InChI is InChI=1S/C109H126N4O25/c1-6-57-120-70-89(122-61-78-39-19-8-20-40-78)96(124-63-80-43-23-10-24-44-80)90(123-62-79-41-21-9-22-42-79)72-130-105-95(112-76(5)118)102(97(87(58-114)133-105)125-64-81-45-25-11-26-46-81)138-107-94(111-75(4)117)101(127-66-83-49-29-13-30-50-83)99(88(59-115)134-107)136-106-93(110-74(3)116)100(92(73(2)132-106)113-109(119)131-69-86-55-35-16-36-56-86)137-108-104(129-68-85-53-33-15-34-54-85)103(128-67-84-51-31-14-32-52-84)98(126-65-82-47-27-12-28-48-82)91(135-108)71-121-60-77-37-17-7-18-38-77/h6-56,73,87-108,114-115H,1,57-72H2,2-5H3,(H,110,116)(H,111,117)(H,112,118)(H,113,119)/t73-,87-,88-,89-,90+,91-,92+,93-,94-,95-,96-,97+,98-,99+,100+,101-,102-,103+,104-,105-,106-,107-,108+/m1/s1. The molecule has 732 valence electrons. The lowest BCUT2D eigenvalue weighted by Gasteiger charge is -2.53. The summed E-state index contributed by atoms with van der Waals surface area (Å²) in [5.74, 6) is -1.81. The summed E-state index contributed by atoms with van der Waals surface area (Å²) in [7, 11) is 0. The van der Waals surface area contributed by atoms with Crippen LogP contribution in [-0.4, -0.2) is 215 Å². The normalized spacial score (nSPS) is 25.4. The molecule has 0 saturated carbocycles. The molecule has 29 heteroatoms. The fraction of sp³-hybridized carbons (Fsp3) is 0.394. The maximum atomic E-state index is 14.8. The lowest BCUT2D eigenvalue weighted by atomic mass is 9.92. The molecule has 0 radical (unpaired) electrons. The summed E-state index contributed by atoms with van der Waals surface area (Å²) in [6.07, 6.45) is -24.2. The van der Waals surface area contributed by atoms with Gasteiger partial charge in [-0.3, -0.25) is 14.4 Å². The summed E-state index contributed by atoms with van der Waals surface area (Å²) < 4.78 is 134. The second kappa shape index (κ2) is 54.4. The van der Waals surface area contributed by atoms with Gasteiger partial charge in [0.25, 0.3) is 0 Å². The molecule has 4 fully saturated rings. The van der Waals surface area contributed by atoms with Crippen LogP contribution in [-0.2, 0) is 170 Å². The minimum atomic E-state index is -1.73. The average molecular weight is 1890 g/mol. The zero-order chi connectivity index (χ0) is 96.0. The highest BCUT2D eigenvalue weighted by Crippen LogP contribution is 2.40. The summed E-state index contributed by atoms with van der Waals surface area (Å²) in [5, 5.41) is 36.5. The molecule has 4 saturated heterocycles. The molecule has 4 aliphatic heterocycles. The van der Waals surface area contributed by atoms with Crippen LogP contribution in [0.1, 0.15) is 83.3 Å². The number of ether oxygens (including phenoxy) is 19. The molecule has 0 aromatic heterocycles. The van der Waals surface area contributed by atoms with Gasteiger partial charge in [0.2, 0.25) is 17.7 Å². The van der Waals surface area contributed by atoms with Crippen LogP contribution in [0, 0.1) is 0 Å². The molecule has 138 heavy (non-hydrogen) atoms. The molecule has 4 aliphatic rings. The van der Waals surface area contributed by atoms with Gasteiger partial charge in [-0.2, -0.15) is 0 Å². The van der Waals surface area contributed by atoms with E-state index in [0.29, 0.717) is 16.7 Å².